The molecular weight excluding hydrogens is 376 g/mol. The van der Waals surface area contributed by atoms with Crippen molar-refractivity contribution in [2.45, 2.75) is 6.61 Å². The van der Waals surface area contributed by atoms with Crippen molar-refractivity contribution < 1.29 is 18.8 Å². The van der Waals surface area contributed by atoms with E-state index < -0.39 is 0 Å². The van der Waals surface area contributed by atoms with E-state index in [2.05, 4.69) is 24.3 Å². The number of amides is 1. The lowest BCUT2D eigenvalue weighted by atomic mass is 10.2. The largest absolute Gasteiger partial charge is 0.486 e. The smallest absolute Gasteiger partial charge is 0.289 e. The van der Waals surface area contributed by atoms with E-state index in [4.69, 9.17) is 9.15 Å². The SMILES string of the molecule is O=C(c1ccc(COc2ccccc2)o1)N1CC[NH+](C/C=C/c2ccccc2)CC1. The Balaban J connectivity index is 1.23. The van der Waals surface area contributed by atoms with Gasteiger partial charge in [0.15, 0.2) is 5.76 Å². The maximum absolute atomic E-state index is 12.8. The zero-order chi connectivity index (χ0) is 20.6. The van der Waals surface area contributed by atoms with Crippen LogP contribution in [0, 0.1) is 0 Å². The van der Waals surface area contributed by atoms with Crippen molar-refractivity contribution in [3.63, 3.8) is 0 Å². The number of para-hydroxylation sites is 1. The second kappa shape index (κ2) is 9.94. The van der Waals surface area contributed by atoms with Crippen LogP contribution in [0.3, 0.4) is 0 Å². The Morgan fingerprint density at radius 1 is 0.967 bits per heavy atom. The molecule has 1 saturated heterocycles. The summed E-state index contributed by atoms with van der Waals surface area (Å²) in [6, 6.07) is 23.5. The number of furan rings is 1. The molecule has 2 aromatic carbocycles. The van der Waals surface area contributed by atoms with Crippen LogP contribution in [0.5, 0.6) is 5.75 Å². The molecule has 0 saturated carbocycles. The molecule has 0 aliphatic carbocycles. The molecule has 3 aromatic rings. The predicted molar refractivity (Wildman–Crippen MR) is 116 cm³/mol. The first kappa shape index (κ1) is 20.0. The van der Waals surface area contributed by atoms with Gasteiger partial charge in [-0.15, -0.1) is 0 Å². The van der Waals surface area contributed by atoms with Crippen LogP contribution >= 0.6 is 0 Å². The number of hydrogen-bond acceptors (Lipinski definition) is 3. The van der Waals surface area contributed by atoms with Gasteiger partial charge in [0.2, 0.25) is 0 Å². The van der Waals surface area contributed by atoms with Crippen LogP contribution < -0.4 is 9.64 Å². The van der Waals surface area contributed by atoms with E-state index >= 15 is 0 Å². The average molecular weight is 404 g/mol. The lowest BCUT2D eigenvalue weighted by Gasteiger charge is -2.31. The maximum Gasteiger partial charge on any atom is 0.289 e. The van der Waals surface area contributed by atoms with Gasteiger partial charge in [0, 0.05) is 0 Å². The quantitative estimate of drug-likeness (QED) is 0.660. The Labute approximate surface area is 177 Å². The first-order valence-electron chi connectivity index (χ1n) is 10.4. The zero-order valence-electron chi connectivity index (χ0n) is 17.0. The van der Waals surface area contributed by atoms with Gasteiger partial charge >= 0.3 is 0 Å². The molecule has 0 unspecified atom stereocenters. The molecule has 2 heterocycles. The van der Waals surface area contributed by atoms with E-state index in [0.29, 0.717) is 18.1 Å². The van der Waals surface area contributed by atoms with Gasteiger partial charge in [0.25, 0.3) is 5.91 Å². The Morgan fingerprint density at radius 2 is 1.67 bits per heavy atom. The highest BCUT2D eigenvalue weighted by Gasteiger charge is 2.25. The van der Waals surface area contributed by atoms with E-state index in [1.807, 2.05) is 59.5 Å². The topological polar surface area (TPSA) is 47.1 Å². The monoisotopic (exact) mass is 403 g/mol. The van der Waals surface area contributed by atoms with Gasteiger partial charge < -0.3 is 19.0 Å². The van der Waals surface area contributed by atoms with Crippen LogP contribution in [-0.2, 0) is 6.61 Å². The molecule has 0 atom stereocenters. The van der Waals surface area contributed by atoms with Crippen LogP contribution in [0.1, 0.15) is 21.9 Å². The summed E-state index contributed by atoms with van der Waals surface area (Å²) in [5.41, 5.74) is 1.22. The Bertz CT molecular complexity index is 958. The molecule has 0 spiro atoms. The van der Waals surface area contributed by atoms with E-state index in [1.165, 1.54) is 10.5 Å². The fraction of sp³-hybridized carbons (Fsp3) is 0.240. The maximum atomic E-state index is 12.8. The molecule has 5 heteroatoms. The number of ether oxygens (including phenoxy) is 1. The minimum atomic E-state index is -0.0418. The van der Waals surface area contributed by atoms with Gasteiger partial charge in [0.05, 0.1) is 32.7 Å². The summed E-state index contributed by atoms with van der Waals surface area (Å²) in [4.78, 5) is 16.1. The zero-order valence-corrected chi connectivity index (χ0v) is 17.0. The van der Waals surface area contributed by atoms with Crippen LogP contribution in [0.15, 0.2) is 83.3 Å². The summed E-state index contributed by atoms with van der Waals surface area (Å²) in [5.74, 6) is 1.77. The van der Waals surface area contributed by atoms with Gasteiger partial charge in [-0.25, -0.2) is 0 Å². The molecular formula is C25H27N2O3+. The van der Waals surface area contributed by atoms with Crippen LogP contribution in [0.2, 0.25) is 0 Å². The number of carbonyl (C=O) groups is 1. The van der Waals surface area contributed by atoms with E-state index in [0.717, 1.165) is 38.5 Å². The summed E-state index contributed by atoms with van der Waals surface area (Å²) in [6.07, 6.45) is 4.38. The molecule has 1 aliphatic rings. The standard InChI is InChI=1S/C25H26N2O3/c28-25(24-14-13-23(30-24)20-29-22-11-5-2-6-12-22)27-18-16-26(17-19-27)15-7-10-21-8-3-1-4-9-21/h1-14H,15-20H2/p+1/b10-7+. The van der Waals surface area contributed by atoms with Gasteiger partial charge in [-0.2, -0.15) is 0 Å². The number of nitrogens with one attached hydrogen (secondary N) is 1. The van der Waals surface area contributed by atoms with Crippen LogP contribution in [-0.4, -0.2) is 43.5 Å². The molecule has 154 valence electrons. The van der Waals surface area contributed by atoms with Crippen molar-refractivity contribution >= 4 is 12.0 Å². The third kappa shape index (κ3) is 5.39. The summed E-state index contributed by atoms with van der Waals surface area (Å²) in [5, 5.41) is 0. The van der Waals surface area contributed by atoms with E-state index in [9.17, 15) is 4.79 Å². The lowest BCUT2D eigenvalue weighted by molar-refractivity contribution is -0.898. The number of rotatable bonds is 7. The predicted octanol–water partition coefficient (Wildman–Crippen LogP) is 2.91. The molecule has 4 rings (SSSR count). The number of quaternary nitrogens is 1. The number of nitrogens with zero attached hydrogens (tertiary/aromatic N) is 1. The molecule has 1 amide bonds. The summed E-state index contributed by atoms with van der Waals surface area (Å²) in [6.45, 7) is 4.64. The number of carbonyl (C=O) groups excluding carboxylic acids is 1. The number of hydrogen-bond donors (Lipinski definition) is 1. The highest BCUT2D eigenvalue weighted by molar-refractivity contribution is 5.91. The number of benzene rings is 2. The highest BCUT2D eigenvalue weighted by atomic mass is 16.5. The van der Waals surface area contributed by atoms with Crippen molar-refractivity contribution in [1.29, 1.82) is 0 Å². The highest BCUT2D eigenvalue weighted by Crippen LogP contribution is 2.15. The first-order valence-corrected chi connectivity index (χ1v) is 10.4. The van der Waals surface area contributed by atoms with Gasteiger partial charge in [-0.3, -0.25) is 4.79 Å². The van der Waals surface area contributed by atoms with Gasteiger partial charge in [-0.05, 0) is 35.9 Å². The summed E-state index contributed by atoms with van der Waals surface area (Å²) in [7, 11) is 0. The van der Waals surface area contributed by atoms with Crippen LogP contribution in [0.4, 0.5) is 0 Å². The van der Waals surface area contributed by atoms with E-state index in [1.54, 1.807) is 6.07 Å². The van der Waals surface area contributed by atoms with Gasteiger partial charge in [0.1, 0.15) is 18.1 Å². The Morgan fingerprint density at radius 3 is 2.40 bits per heavy atom. The molecule has 0 bridgehead atoms. The minimum Gasteiger partial charge on any atom is -0.486 e. The Kier molecular flexibility index (Phi) is 6.62. The second-order valence-electron chi connectivity index (χ2n) is 7.43. The van der Waals surface area contributed by atoms with Crippen LogP contribution in [0.25, 0.3) is 6.08 Å². The molecule has 1 aromatic heterocycles. The molecule has 1 aliphatic heterocycles. The minimum absolute atomic E-state index is 0.0418. The summed E-state index contributed by atoms with van der Waals surface area (Å²) < 4.78 is 11.4. The fourth-order valence-corrected chi connectivity index (χ4v) is 3.55. The normalized spacial score (nSPS) is 14.9. The molecule has 30 heavy (non-hydrogen) atoms. The molecule has 5 nitrogen and oxygen atoms in total. The lowest BCUT2D eigenvalue weighted by Crippen LogP contribution is -3.14. The van der Waals surface area contributed by atoms with Crippen molar-refractivity contribution in [2.75, 3.05) is 32.7 Å². The third-order valence-electron chi connectivity index (χ3n) is 5.27. The molecule has 0 radical (unpaired) electrons. The third-order valence-corrected chi connectivity index (χ3v) is 5.27. The van der Waals surface area contributed by atoms with Crippen molar-refractivity contribution in [3.05, 3.63) is 96.0 Å². The first-order chi connectivity index (χ1) is 14.8. The van der Waals surface area contributed by atoms with E-state index in [-0.39, 0.29) is 5.91 Å². The molecule has 1 N–H and O–H groups in total. The average Bonchev–Trinajstić information content (AvgIpc) is 3.28. The number of piperazine rings is 1. The van der Waals surface area contributed by atoms with Crippen molar-refractivity contribution in [3.8, 4) is 5.75 Å². The molecule has 1 fully saturated rings. The fourth-order valence-electron chi connectivity index (χ4n) is 3.55. The van der Waals surface area contributed by atoms with Crippen molar-refractivity contribution in [1.82, 2.24) is 4.90 Å². The van der Waals surface area contributed by atoms with Gasteiger partial charge in [-0.1, -0.05) is 54.6 Å². The second-order valence-corrected chi connectivity index (χ2v) is 7.43. The van der Waals surface area contributed by atoms with Crippen molar-refractivity contribution in [2.24, 2.45) is 0 Å². The Hall–Kier alpha value is -3.31. The summed E-state index contributed by atoms with van der Waals surface area (Å²) >= 11 is 0.